The van der Waals surface area contributed by atoms with E-state index in [4.69, 9.17) is 22.1 Å². The fourth-order valence-electron chi connectivity index (χ4n) is 2.12. The van der Waals surface area contributed by atoms with E-state index in [-0.39, 0.29) is 12.8 Å². The number of nitrogen functional groups attached to an aromatic ring is 1. The zero-order valence-electron chi connectivity index (χ0n) is 13.4. The molecule has 0 saturated heterocycles. The van der Waals surface area contributed by atoms with E-state index in [1.54, 1.807) is 6.07 Å². The van der Waals surface area contributed by atoms with Gasteiger partial charge in [-0.2, -0.15) is 0 Å². The van der Waals surface area contributed by atoms with Crippen LogP contribution in [0.5, 0.6) is 5.75 Å². The van der Waals surface area contributed by atoms with Crippen LogP contribution in [0.2, 0.25) is 5.02 Å². The molecule has 0 atom stereocenters. The number of aryl methyl sites for hydroxylation is 3. The molecule has 0 aliphatic rings. The van der Waals surface area contributed by atoms with Crippen molar-refractivity contribution in [2.24, 2.45) is 0 Å². The monoisotopic (exact) mass is 333 g/mol. The standard InChI is InChI=1S/C17H20ClN3O2/c1-10-4-5-14(19)15(6-10)21-17(22)20-9-23-13-7-11(2)16(18)12(3)8-13/h4-8H,9,19H2,1-3H3,(H2,20,21,22). The van der Waals surface area contributed by atoms with E-state index in [0.717, 1.165) is 21.7 Å². The van der Waals surface area contributed by atoms with Gasteiger partial charge in [-0.25, -0.2) is 4.79 Å². The van der Waals surface area contributed by atoms with Gasteiger partial charge in [-0.1, -0.05) is 17.7 Å². The number of anilines is 2. The van der Waals surface area contributed by atoms with Crippen LogP contribution in [0, 0.1) is 20.8 Å². The number of carbonyl (C=O) groups excluding carboxylic acids is 1. The van der Waals surface area contributed by atoms with Crippen LogP contribution in [0.4, 0.5) is 16.2 Å². The Bertz CT molecular complexity index is 709. The summed E-state index contributed by atoms with van der Waals surface area (Å²) in [6.07, 6.45) is 0. The lowest BCUT2D eigenvalue weighted by Gasteiger charge is -2.12. The lowest BCUT2D eigenvalue weighted by atomic mass is 10.1. The first-order valence-electron chi connectivity index (χ1n) is 7.17. The molecule has 0 bridgehead atoms. The maximum absolute atomic E-state index is 11.9. The average Bonchev–Trinajstić information content (AvgIpc) is 2.48. The highest BCUT2D eigenvalue weighted by Crippen LogP contribution is 2.25. The fourth-order valence-corrected chi connectivity index (χ4v) is 2.23. The average molecular weight is 334 g/mol. The van der Waals surface area contributed by atoms with Crippen molar-refractivity contribution in [1.82, 2.24) is 5.32 Å². The Kier molecular flexibility index (Phi) is 5.34. The normalized spacial score (nSPS) is 10.3. The molecule has 0 aromatic heterocycles. The second-order valence-electron chi connectivity index (χ2n) is 5.38. The summed E-state index contributed by atoms with van der Waals surface area (Å²) in [5, 5.41) is 6.03. The Morgan fingerprint density at radius 3 is 2.48 bits per heavy atom. The molecule has 2 aromatic carbocycles. The molecular weight excluding hydrogens is 314 g/mol. The van der Waals surface area contributed by atoms with Gasteiger partial charge in [-0.05, 0) is 61.7 Å². The van der Waals surface area contributed by atoms with Crippen molar-refractivity contribution in [2.45, 2.75) is 20.8 Å². The highest BCUT2D eigenvalue weighted by molar-refractivity contribution is 6.32. The highest BCUT2D eigenvalue weighted by Gasteiger charge is 2.06. The molecule has 0 aliphatic carbocycles. The fraction of sp³-hybridized carbons (Fsp3) is 0.235. The van der Waals surface area contributed by atoms with Gasteiger partial charge in [0.15, 0.2) is 6.73 Å². The van der Waals surface area contributed by atoms with Gasteiger partial charge >= 0.3 is 6.03 Å². The minimum atomic E-state index is -0.385. The lowest BCUT2D eigenvalue weighted by molar-refractivity contribution is 0.234. The molecule has 5 nitrogen and oxygen atoms in total. The molecule has 4 N–H and O–H groups in total. The van der Waals surface area contributed by atoms with Gasteiger partial charge in [-0.3, -0.25) is 0 Å². The van der Waals surface area contributed by atoms with Crippen molar-refractivity contribution < 1.29 is 9.53 Å². The second kappa shape index (κ2) is 7.24. The topological polar surface area (TPSA) is 76.4 Å². The number of urea groups is 1. The van der Waals surface area contributed by atoms with Crippen molar-refractivity contribution in [2.75, 3.05) is 17.8 Å². The van der Waals surface area contributed by atoms with Crippen LogP contribution in [0.1, 0.15) is 16.7 Å². The van der Waals surface area contributed by atoms with Crippen molar-refractivity contribution in [1.29, 1.82) is 0 Å². The quantitative estimate of drug-likeness (QED) is 0.584. The van der Waals surface area contributed by atoms with Crippen LogP contribution in [0.3, 0.4) is 0 Å². The van der Waals surface area contributed by atoms with Crippen LogP contribution < -0.4 is 21.1 Å². The van der Waals surface area contributed by atoms with E-state index in [2.05, 4.69) is 10.6 Å². The number of amides is 2. The van der Waals surface area contributed by atoms with Gasteiger partial charge in [0, 0.05) is 5.02 Å². The first-order valence-corrected chi connectivity index (χ1v) is 7.55. The third-order valence-electron chi connectivity index (χ3n) is 3.34. The third-order valence-corrected chi connectivity index (χ3v) is 3.93. The summed E-state index contributed by atoms with van der Waals surface area (Å²) in [5.41, 5.74) is 9.77. The summed E-state index contributed by atoms with van der Waals surface area (Å²) in [6.45, 7) is 5.78. The van der Waals surface area contributed by atoms with Crippen molar-refractivity contribution in [3.63, 3.8) is 0 Å². The molecule has 0 unspecified atom stereocenters. The zero-order valence-corrected chi connectivity index (χ0v) is 14.1. The van der Waals surface area contributed by atoms with Gasteiger partial charge in [0.05, 0.1) is 11.4 Å². The number of nitrogens with two attached hydrogens (primary N) is 1. The smallest absolute Gasteiger partial charge is 0.321 e. The maximum Gasteiger partial charge on any atom is 0.321 e. The summed E-state index contributed by atoms with van der Waals surface area (Å²) in [7, 11) is 0. The number of ether oxygens (including phenoxy) is 1. The molecule has 23 heavy (non-hydrogen) atoms. The molecule has 0 saturated carbocycles. The minimum absolute atomic E-state index is 0.0397. The predicted molar refractivity (Wildman–Crippen MR) is 94.2 cm³/mol. The number of nitrogens with one attached hydrogen (secondary N) is 2. The number of hydrogen-bond acceptors (Lipinski definition) is 3. The number of halogens is 1. The molecular formula is C17H20ClN3O2. The molecule has 0 heterocycles. The first-order chi connectivity index (χ1) is 10.9. The Balaban J connectivity index is 1.89. The third kappa shape index (κ3) is 4.53. The van der Waals surface area contributed by atoms with Crippen LogP contribution in [-0.4, -0.2) is 12.8 Å². The van der Waals surface area contributed by atoms with Crippen molar-refractivity contribution >= 4 is 29.0 Å². The van der Waals surface area contributed by atoms with E-state index >= 15 is 0 Å². The summed E-state index contributed by atoms with van der Waals surface area (Å²) >= 11 is 6.10. The number of carbonyl (C=O) groups is 1. The van der Waals surface area contributed by atoms with Gasteiger partial charge in [0.1, 0.15) is 5.75 Å². The van der Waals surface area contributed by atoms with Crippen LogP contribution in [0.25, 0.3) is 0 Å². The van der Waals surface area contributed by atoms with Crippen molar-refractivity contribution in [3.05, 3.63) is 52.0 Å². The molecule has 0 fully saturated rings. The number of rotatable bonds is 4. The van der Waals surface area contributed by atoms with Gasteiger partial charge in [0.25, 0.3) is 0 Å². The molecule has 0 aliphatic heterocycles. The lowest BCUT2D eigenvalue weighted by Crippen LogP contribution is -2.32. The second-order valence-corrected chi connectivity index (χ2v) is 5.76. The molecule has 122 valence electrons. The summed E-state index contributed by atoms with van der Waals surface area (Å²) in [5.74, 6) is 0.653. The minimum Gasteiger partial charge on any atom is -0.473 e. The molecule has 0 spiro atoms. The van der Waals surface area contributed by atoms with Gasteiger partial charge < -0.3 is 21.1 Å². The first kappa shape index (κ1) is 17.0. The van der Waals surface area contributed by atoms with E-state index in [0.29, 0.717) is 17.1 Å². The zero-order chi connectivity index (χ0) is 17.0. The largest absolute Gasteiger partial charge is 0.473 e. The Morgan fingerprint density at radius 2 is 1.83 bits per heavy atom. The molecule has 2 amide bonds. The Labute approximate surface area is 140 Å². The Hall–Kier alpha value is -2.40. The van der Waals surface area contributed by atoms with Crippen LogP contribution >= 0.6 is 11.6 Å². The molecule has 6 heteroatoms. The number of benzene rings is 2. The SMILES string of the molecule is Cc1ccc(N)c(NC(=O)NCOc2cc(C)c(Cl)c(C)c2)c1. The van der Waals surface area contributed by atoms with Crippen LogP contribution in [0.15, 0.2) is 30.3 Å². The van der Waals surface area contributed by atoms with E-state index in [1.165, 1.54) is 0 Å². The van der Waals surface area contributed by atoms with E-state index < -0.39 is 0 Å². The summed E-state index contributed by atoms with van der Waals surface area (Å²) < 4.78 is 5.52. The van der Waals surface area contributed by atoms with Crippen molar-refractivity contribution in [3.8, 4) is 5.75 Å². The number of hydrogen-bond donors (Lipinski definition) is 3. The summed E-state index contributed by atoms with van der Waals surface area (Å²) in [4.78, 5) is 11.9. The van der Waals surface area contributed by atoms with Gasteiger partial charge in [-0.15, -0.1) is 0 Å². The molecule has 2 aromatic rings. The Morgan fingerprint density at radius 1 is 1.17 bits per heavy atom. The van der Waals surface area contributed by atoms with Gasteiger partial charge in [0.2, 0.25) is 0 Å². The predicted octanol–water partition coefficient (Wildman–Crippen LogP) is 4.01. The van der Waals surface area contributed by atoms with E-state index in [1.807, 2.05) is 45.0 Å². The van der Waals surface area contributed by atoms with Crippen LogP contribution in [-0.2, 0) is 0 Å². The molecule has 2 rings (SSSR count). The maximum atomic E-state index is 11.9. The van der Waals surface area contributed by atoms with E-state index in [9.17, 15) is 4.79 Å². The summed E-state index contributed by atoms with van der Waals surface area (Å²) in [6, 6.07) is 8.71. The molecule has 0 radical (unpaired) electrons. The highest BCUT2D eigenvalue weighted by atomic mass is 35.5.